The van der Waals surface area contributed by atoms with Gasteiger partial charge in [0.2, 0.25) is 11.7 Å². The zero-order valence-corrected chi connectivity index (χ0v) is 18.4. The normalized spacial score (nSPS) is 14.3. The number of aldehydes is 1. The maximum absolute atomic E-state index is 12.8. The monoisotopic (exact) mass is 472 g/mol. The van der Waals surface area contributed by atoms with E-state index < -0.39 is 52.0 Å². The molecular weight excluding hydrogens is 448 g/mol. The Morgan fingerprint density at radius 2 is 1.85 bits per heavy atom. The first kappa shape index (κ1) is 25.8. The third-order valence-corrected chi connectivity index (χ3v) is 4.44. The van der Waals surface area contributed by atoms with E-state index >= 15 is 0 Å². The van der Waals surface area contributed by atoms with Crippen molar-refractivity contribution in [1.29, 1.82) is 0 Å². The Balaban J connectivity index is 2.17. The van der Waals surface area contributed by atoms with Gasteiger partial charge in [0.15, 0.2) is 5.76 Å². The summed E-state index contributed by atoms with van der Waals surface area (Å²) in [5.74, 6) is -3.20. The number of hydrogen-bond donors (Lipinski definition) is 4. The number of amides is 3. The van der Waals surface area contributed by atoms with E-state index in [-0.39, 0.29) is 29.7 Å². The first-order chi connectivity index (χ1) is 16.0. The van der Waals surface area contributed by atoms with Crippen LogP contribution in [0, 0.1) is 10.1 Å². The fourth-order valence-corrected chi connectivity index (χ4v) is 2.94. The Bertz CT molecular complexity index is 1090. The number of rotatable bonds is 10. The summed E-state index contributed by atoms with van der Waals surface area (Å²) >= 11 is 0. The maximum Gasteiger partial charge on any atom is 0.311 e. The van der Waals surface area contributed by atoms with Crippen LogP contribution < -0.4 is 16.4 Å². The molecule has 1 aromatic carbocycles. The Morgan fingerprint density at radius 1 is 1.21 bits per heavy atom. The predicted molar refractivity (Wildman–Crippen MR) is 120 cm³/mol. The predicted octanol–water partition coefficient (Wildman–Crippen LogP) is 1.48. The fraction of sp³-hybridized carbons (Fsp3) is 0.273. The molecule has 0 heterocycles. The number of aliphatic hydroxyl groups excluding tert-OH is 1. The van der Waals surface area contributed by atoms with Gasteiger partial charge in [-0.25, -0.2) is 0 Å². The van der Waals surface area contributed by atoms with Crippen LogP contribution in [0.15, 0.2) is 59.2 Å². The summed E-state index contributed by atoms with van der Waals surface area (Å²) in [7, 11) is 0. The molecule has 0 fully saturated rings. The molecule has 12 heteroatoms. The van der Waals surface area contributed by atoms with Gasteiger partial charge < -0.3 is 31.0 Å². The van der Waals surface area contributed by atoms with E-state index in [2.05, 4.69) is 10.6 Å². The molecule has 0 saturated carbocycles. The molecular formula is C22H24N4O8. The van der Waals surface area contributed by atoms with Crippen LogP contribution in [0.1, 0.15) is 37.0 Å². The van der Waals surface area contributed by atoms with Crippen LogP contribution in [0.5, 0.6) is 0 Å². The molecule has 0 spiro atoms. The number of carbonyl (C=O) groups is 4. The summed E-state index contributed by atoms with van der Waals surface area (Å²) in [5.41, 5.74) is 4.77. The van der Waals surface area contributed by atoms with Gasteiger partial charge in [-0.1, -0.05) is 6.08 Å². The lowest BCUT2D eigenvalue weighted by Gasteiger charge is -2.14. The topological polar surface area (TPSA) is 191 Å². The maximum atomic E-state index is 12.8. The van der Waals surface area contributed by atoms with Crippen molar-refractivity contribution in [2.75, 3.05) is 5.32 Å². The highest BCUT2D eigenvalue weighted by molar-refractivity contribution is 6.07. The zero-order chi connectivity index (χ0) is 25.4. The van der Waals surface area contributed by atoms with Crippen LogP contribution in [0.4, 0.5) is 5.69 Å². The van der Waals surface area contributed by atoms with E-state index in [1.807, 2.05) is 0 Å². The number of benzene rings is 1. The number of nitro groups is 1. The number of primary amides is 1. The second-order valence-electron chi connectivity index (χ2n) is 7.46. The summed E-state index contributed by atoms with van der Waals surface area (Å²) < 4.78 is 5.40. The molecule has 0 radical (unpaired) electrons. The smallest absolute Gasteiger partial charge is 0.311 e. The Hall–Kier alpha value is -4.48. The minimum Gasteiger partial charge on any atom is -0.504 e. The van der Waals surface area contributed by atoms with Gasteiger partial charge in [0.1, 0.15) is 6.29 Å². The molecule has 1 aliphatic rings. The number of anilines is 1. The highest BCUT2D eigenvalue weighted by Gasteiger charge is 2.30. The van der Waals surface area contributed by atoms with Gasteiger partial charge >= 0.3 is 5.70 Å². The molecule has 180 valence electrons. The van der Waals surface area contributed by atoms with Crippen molar-refractivity contribution in [2.45, 2.75) is 38.8 Å². The Labute approximate surface area is 194 Å². The largest absolute Gasteiger partial charge is 0.504 e. The number of carbonyl (C=O) groups excluding carboxylic acids is 4. The molecule has 0 aliphatic heterocycles. The molecule has 2 rings (SSSR count). The third kappa shape index (κ3) is 6.76. The average Bonchev–Trinajstić information content (AvgIpc) is 2.92. The van der Waals surface area contributed by atoms with Crippen LogP contribution >= 0.6 is 0 Å². The lowest BCUT2D eigenvalue weighted by atomic mass is 10.1. The molecule has 12 nitrogen and oxygen atoms in total. The molecule has 34 heavy (non-hydrogen) atoms. The molecule has 0 bridgehead atoms. The quantitative estimate of drug-likeness (QED) is 0.223. The van der Waals surface area contributed by atoms with Crippen molar-refractivity contribution in [3.05, 3.63) is 74.9 Å². The molecule has 0 saturated heterocycles. The van der Waals surface area contributed by atoms with Crippen LogP contribution in [-0.4, -0.2) is 46.2 Å². The molecule has 1 aliphatic carbocycles. The average molecular weight is 472 g/mol. The van der Waals surface area contributed by atoms with Crippen LogP contribution in [0.2, 0.25) is 0 Å². The standard InChI is InChI=1S/C22H24N4O8/c1-12(2)34-20-17(26(32)33)5-3-4-16(19(20)29)22(31)24-14-8-6-13(7-9-14)21(30)25-15(11-27)10-18(23)28/h4-9,11-12,15,29H,3,10H2,1-2H3,(H2,23,28)(H,24,31)(H,25,30). The fourth-order valence-electron chi connectivity index (χ4n) is 2.94. The lowest BCUT2D eigenvalue weighted by molar-refractivity contribution is -0.425. The highest BCUT2D eigenvalue weighted by Crippen LogP contribution is 2.27. The zero-order valence-electron chi connectivity index (χ0n) is 18.4. The molecule has 0 aromatic heterocycles. The number of allylic oxidation sites excluding steroid dienone is 2. The van der Waals surface area contributed by atoms with Gasteiger partial charge in [-0.05, 0) is 44.5 Å². The minimum absolute atomic E-state index is 0.0103. The Morgan fingerprint density at radius 3 is 2.38 bits per heavy atom. The SMILES string of the molecule is CC(C)OC1=C(O)C(C(=O)Nc2ccc(C(=O)NC(C=O)CC(N)=O)cc2)=CCC=C1[N+](=O)[O-]. The Kier molecular flexibility index (Phi) is 8.65. The van der Waals surface area contributed by atoms with Crippen LogP contribution in [0.25, 0.3) is 0 Å². The van der Waals surface area contributed by atoms with E-state index in [4.69, 9.17) is 10.5 Å². The van der Waals surface area contributed by atoms with Crippen molar-refractivity contribution in [3.63, 3.8) is 0 Å². The van der Waals surface area contributed by atoms with E-state index in [0.29, 0.717) is 6.29 Å². The number of hydrogen-bond acceptors (Lipinski definition) is 8. The molecule has 1 aromatic rings. The number of nitrogens with zero attached hydrogens (tertiary/aromatic N) is 1. The van der Waals surface area contributed by atoms with E-state index in [9.17, 15) is 34.4 Å². The van der Waals surface area contributed by atoms with Crippen LogP contribution in [-0.2, 0) is 19.1 Å². The molecule has 1 atom stereocenters. The number of nitrogens with one attached hydrogen (secondary N) is 2. The van der Waals surface area contributed by atoms with Crippen molar-refractivity contribution in [1.82, 2.24) is 5.32 Å². The summed E-state index contributed by atoms with van der Waals surface area (Å²) in [6.07, 6.45) is 2.12. The van der Waals surface area contributed by atoms with Gasteiger partial charge in [0, 0.05) is 17.3 Å². The van der Waals surface area contributed by atoms with Crippen molar-refractivity contribution >= 4 is 29.7 Å². The number of aliphatic hydroxyl groups is 1. The van der Waals surface area contributed by atoms with Crippen molar-refractivity contribution < 1.29 is 33.9 Å². The lowest BCUT2D eigenvalue weighted by Crippen LogP contribution is -2.38. The van der Waals surface area contributed by atoms with E-state index in [1.165, 1.54) is 36.4 Å². The van der Waals surface area contributed by atoms with Gasteiger partial charge in [-0.15, -0.1) is 0 Å². The van der Waals surface area contributed by atoms with Gasteiger partial charge in [-0.3, -0.25) is 24.5 Å². The van der Waals surface area contributed by atoms with Crippen molar-refractivity contribution in [2.24, 2.45) is 5.73 Å². The highest BCUT2D eigenvalue weighted by atomic mass is 16.6. The summed E-state index contributed by atoms with van der Waals surface area (Å²) in [5, 5.41) is 26.8. The second kappa shape index (κ2) is 11.4. The summed E-state index contributed by atoms with van der Waals surface area (Å²) in [4.78, 5) is 57.6. The summed E-state index contributed by atoms with van der Waals surface area (Å²) in [6.45, 7) is 3.24. The minimum atomic E-state index is -1.07. The second-order valence-corrected chi connectivity index (χ2v) is 7.46. The molecule has 1 unspecified atom stereocenters. The van der Waals surface area contributed by atoms with Crippen molar-refractivity contribution in [3.8, 4) is 0 Å². The number of ether oxygens (including phenoxy) is 1. The third-order valence-electron chi connectivity index (χ3n) is 4.44. The summed E-state index contributed by atoms with van der Waals surface area (Å²) in [6, 6.07) is 4.48. The molecule has 5 N–H and O–H groups in total. The van der Waals surface area contributed by atoms with Crippen LogP contribution in [0.3, 0.4) is 0 Å². The van der Waals surface area contributed by atoms with E-state index in [1.54, 1.807) is 13.8 Å². The van der Waals surface area contributed by atoms with E-state index in [0.717, 1.165) is 0 Å². The van der Waals surface area contributed by atoms with Gasteiger partial charge in [0.05, 0.1) is 29.1 Å². The molecule has 3 amide bonds. The van der Waals surface area contributed by atoms with Gasteiger partial charge in [-0.2, -0.15) is 0 Å². The first-order valence-corrected chi connectivity index (χ1v) is 10.1. The first-order valence-electron chi connectivity index (χ1n) is 10.1. The number of nitrogens with two attached hydrogens (primary N) is 1. The van der Waals surface area contributed by atoms with Gasteiger partial charge in [0.25, 0.3) is 11.8 Å².